The molecule has 0 radical (unpaired) electrons. The molecule has 3 aromatic rings. The first kappa shape index (κ1) is 26.5. The molecule has 206 valence electrons. The zero-order valence-electron chi connectivity index (χ0n) is 22.6. The highest BCUT2D eigenvalue weighted by Crippen LogP contribution is 2.35. The normalized spacial score (nSPS) is 17.3. The van der Waals surface area contributed by atoms with E-state index in [1.54, 1.807) is 24.4 Å². The zero-order chi connectivity index (χ0) is 27.7. The van der Waals surface area contributed by atoms with E-state index in [4.69, 9.17) is 4.74 Å². The maximum absolute atomic E-state index is 15.1. The third-order valence-corrected chi connectivity index (χ3v) is 7.23. The second-order valence-corrected chi connectivity index (χ2v) is 10.2. The maximum atomic E-state index is 15.1. The summed E-state index contributed by atoms with van der Waals surface area (Å²) < 4.78 is 20.9. The van der Waals surface area contributed by atoms with Crippen molar-refractivity contribution in [2.45, 2.75) is 39.8 Å². The Kier molecular flexibility index (Phi) is 7.42. The predicted molar refractivity (Wildman–Crippen MR) is 151 cm³/mol. The molecule has 39 heavy (non-hydrogen) atoms. The SMILES string of the molecule is Cc1c(Nc2cc[nH]c(=O)c2C(=O)Nc2ccc(N3CCN(C(C)C)CC3)c(F)c2)cnc2c1NCC(C)O2. The number of anilines is 5. The van der Waals surface area contributed by atoms with E-state index in [1.807, 2.05) is 18.7 Å². The number of piperazine rings is 1. The molecule has 2 aliphatic rings. The van der Waals surface area contributed by atoms with Crippen LogP contribution in [-0.4, -0.2) is 65.6 Å². The molecule has 0 aliphatic carbocycles. The van der Waals surface area contributed by atoms with Crippen LogP contribution in [0.5, 0.6) is 5.88 Å². The molecule has 0 spiro atoms. The Labute approximate surface area is 226 Å². The summed E-state index contributed by atoms with van der Waals surface area (Å²) in [6.45, 7) is 12.0. The Balaban J connectivity index is 1.33. The van der Waals surface area contributed by atoms with Crippen LogP contribution in [0, 0.1) is 12.7 Å². The van der Waals surface area contributed by atoms with Crippen molar-refractivity contribution in [2.24, 2.45) is 0 Å². The largest absolute Gasteiger partial charge is 0.471 e. The van der Waals surface area contributed by atoms with Crippen molar-refractivity contribution in [2.75, 3.05) is 53.6 Å². The van der Waals surface area contributed by atoms with E-state index in [0.29, 0.717) is 35.5 Å². The minimum atomic E-state index is -0.657. The highest BCUT2D eigenvalue weighted by Gasteiger charge is 2.24. The van der Waals surface area contributed by atoms with Crippen LogP contribution in [0.2, 0.25) is 0 Å². The third-order valence-electron chi connectivity index (χ3n) is 7.23. The molecular weight excluding hydrogens is 501 g/mol. The van der Waals surface area contributed by atoms with Crippen molar-refractivity contribution >= 4 is 34.3 Å². The topological polar surface area (TPSA) is 115 Å². The monoisotopic (exact) mass is 535 g/mol. The van der Waals surface area contributed by atoms with Crippen molar-refractivity contribution in [1.82, 2.24) is 14.9 Å². The van der Waals surface area contributed by atoms with E-state index in [-0.39, 0.29) is 17.4 Å². The van der Waals surface area contributed by atoms with Gasteiger partial charge in [-0.05, 0) is 52.0 Å². The summed E-state index contributed by atoms with van der Waals surface area (Å²) in [5, 5.41) is 9.15. The van der Waals surface area contributed by atoms with E-state index in [2.05, 4.69) is 44.7 Å². The number of carbonyl (C=O) groups excluding carboxylic acids is 1. The van der Waals surface area contributed by atoms with Crippen molar-refractivity contribution in [1.29, 1.82) is 0 Å². The fraction of sp³-hybridized carbons (Fsp3) is 0.393. The molecule has 1 saturated heterocycles. The quantitative estimate of drug-likeness (QED) is 0.375. The molecule has 0 saturated carbocycles. The van der Waals surface area contributed by atoms with Gasteiger partial charge < -0.3 is 30.6 Å². The molecule has 1 amide bonds. The number of fused-ring (bicyclic) bond motifs is 1. The summed E-state index contributed by atoms with van der Waals surface area (Å²) in [5.41, 5.74) is 2.58. The molecule has 4 N–H and O–H groups in total. The number of nitrogens with one attached hydrogen (secondary N) is 4. The fourth-order valence-corrected chi connectivity index (χ4v) is 4.95. The number of amides is 1. The van der Waals surface area contributed by atoms with E-state index in [0.717, 1.165) is 37.4 Å². The number of aromatic nitrogens is 2. The maximum Gasteiger partial charge on any atom is 0.263 e. The van der Waals surface area contributed by atoms with Crippen molar-refractivity contribution in [3.63, 3.8) is 0 Å². The Morgan fingerprint density at radius 3 is 2.67 bits per heavy atom. The highest BCUT2D eigenvalue weighted by atomic mass is 19.1. The summed E-state index contributed by atoms with van der Waals surface area (Å²) in [7, 11) is 0. The van der Waals surface area contributed by atoms with Gasteiger partial charge in [0.05, 0.1) is 29.8 Å². The molecule has 2 aromatic heterocycles. The first-order valence-corrected chi connectivity index (χ1v) is 13.2. The first-order chi connectivity index (χ1) is 18.7. The van der Waals surface area contributed by atoms with Crippen LogP contribution in [0.1, 0.15) is 36.7 Å². The molecule has 1 unspecified atom stereocenters. The van der Waals surface area contributed by atoms with E-state index < -0.39 is 17.3 Å². The van der Waals surface area contributed by atoms with Gasteiger partial charge in [-0.1, -0.05) is 0 Å². The Morgan fingerprint density at radius 1 is 1.18 bits per heavy atom. The fourth-order valence-electron chi connectivity index (χ4n) is 4.95. The van der Waals surface area contributed by atoms with Crippen molar-refractivity contribution in [3.05, 3.63) is 64.0 Å². The molecule has 4 heterocycles. The molecule has 11 heteroatoms. The molecule has 1 atom stereocenters. The summed E-state index contributed by atoms with van der Waals surface area (Å²) >= 11 is 0. The number of nitrogens with zero attached hydrogens (tertiary/aromatic N) is 3. The summed E-state index contributed by atoms with van der Waals surface area (Å²) in [4.78, 5) is 37.3. The molecule has 1 fully saturated rings. The second kappa shape index (κ2) is 10.9. The second-order valence-electron chi connectivity index (χ2n) is 10.2. The van der Waals surface area contributed by atoms with Crippen molar-refractivity contribution in [3.8, 4) is 5.88 Å². The Hall–Kier alpha value is -4.12. The van der Waals surface area contributed by atoms with Gasteiger partial charge >= 0.3 is 0 Å². The molecule has 5 rings (SSSR count). The predicted octanol–water partition coefficient (Wildman–Crippen LogP) is 3.94. The van der Waals surface area contributed by atoms with Crippen LogP contribution in [0.15, 0.2) is 41.5 Å². The number of ether oxygens (including phenoxy) is 1. The lowest BCUT2D eigenvalue weighted by Crippen LogP contribution is -2.49. The van der Waals surface area contributed by atoms with Crippen LogP contribution >= 0.6 is 0 Å². The van der Waals surface area contributed by atoms with Gasteiger partial charge in [0.15, 0.2) is 0 Å². The summed E-state index contributed by atoms with van der Waals surface area (Å²) in [5.74, 6) is -0.574. The number of H-pyrrole nitrogens is 1. The average molecular weight is 536 g/mol. The average Bonchev–Trinajstić information content (AvgIpc) is 2.90. The number of hydrogen-bond acceptors (Lipinski definition) is 8. The summed E-state index contributed by atoms with van der Waals surface area (Å²) in [6.07, 6.45) is 3.06. The van der Waals surface area contributed by atoms with Crippen LogP contribution in [0.3, 0.4) is 0 Å². The molecule has 10 nitrogen and oxygen atoms in total. The smallest absolute Gasteiger partial charge is 0.263 e. The molecular formula is C28H34FN7O3. The van der Waals surface area contributed by atoms with Gasteiger partial charge in [-0.3, -0.25) is 14.5 Å². The van der Waals surface area contributed by atoms with Crippen LogP contribution in [0.25, 0.3) is 0 Å². The highest BCUT2D eigenvalue weighted by molar-refractivity contribution is 6.08. The number of hydrogen-bond donors (Lipinski definition) is 4. The Bertz CT molecular complexity index is 1430. The van der Waals surface area contributed by atoms with Gasteiger partial charge in [0.2, 0.25) is 5.88 Å². The van der Waals surface area contributed by atoms with E-state index in [9.17, 15) is 9.59 Å². The van der Waals surface area contributed by atoms with Gasteiger partial charge in [-0.25, -0.2) is 9.37 Å². The number of halogens is 1. The van der Waals surface area contributed by atoms with Crippen LogP contribution in [0.4, 0.5) is 32.8 Å². The molecule has 1 aromatic carbocycles. The molecule has 2 aliphatic heterocycles. The zero-order valence-corrected chi connectivity index (χ0v) is 22.6. The van der Waals surface area contributed by atoms with E-state index in [1.165, 1.54) is 12.3 Å². The lowest BCUT2D eigenvalue weighted by molar-refractivity contribution is 0.102. The van der Waals surface area contributed by atoms with Gasteiger partial charge in [0.1, 0.15) is 23.2 Å². The number of aromatic amines is 1. The van der Waals surface area contributed by atoms with Gasteiger partial charge in [0, 0.05) is 49.7 Å². The first-order valence-electron chi connectivity index (χ1n) is 13.2. The minimum absolute atomic E-state index is 0.000170. The number of pyridine rings is 2. The third kappa shape index (κ3) is 5.53. The van der Waals surface area contributed by atoms with Gasteiger partial charge in [0.25, 0.3) is 11.5 Å². The minimum Gasteiger partial charge on any atom is -0.471 e. The summed E-state index contributed by atoms with van der Waals surface area (Å²) in [6, 6.07) is 6.66. The number of benzene rings is 1. The number of carbonyl (C=O) groups is 1. The standard InChI is InChI=1S/C28H34FN7O3/c1-16(2)35-9-11-36(12-10-35)23-6-5-19(13-20(23)29)33-27(38)24-21(7-8-30-26(24)37)34-22-15-32-28-25(18(22)4)31-14-17(3)39-28/h5-8,13,15-17,31H,9-12,14H2,1-4H3,(H,33,38)(H2,30,34,37). The van der Waals surface area contributed by atoms with Crippen LogP contribution in [-0.2, 0) is 0 Å². The lowest BCUT2D eigenvalue weighted by atomic mass is 10.1. The molecule has 0 bridgehead atoms. The van der Waals surface area contributed by atoms with Crippen molar-refractivity contribution < 1.29 is 13.9 Å². The lowest BCUT2D eigenvalue weighted by Gasteiger charge is -2.38. The van der Waals surface area contributed by atoms with Crippen LogP contribution < -0.4 is 31.1 Å². The number of rotatable bonds is 6. The van der Waals surface area contributed by atoms with E-state index >= 15 is 4.39 Å². The Morgan fingerprint density at radius 2 is 1.95 bits per heavy atom. The van der Waals surface area contributed by atoms with Gasteiger partial charge in [-0.15, -0.1) is 0 Å². The van der Waals surface area contributed by atoms with Gasteiger partial charge in [-0.2, -0.15) is 0 Å².